The van der Waals surface area contributed by atoms with Gasteiger partial charge in [-0.2, -0.15) is 0 Å². The van der Waals surface area contributed by atoms with Gasteiger partial charge in [0.2, 0.25) is 0 Å². The van der Waals surface area contributed by atoms with E-state index in [-0.39, 0.29) is 6.04 Å². The van der Waals surface area contributed by atoms with Crippen LogP contribution in [0.3, 0.4) is 0 Å². The molecule has 1 unspecified atom stereocenters. The molecule has 0 spiro atoms. The summed E-state index contributed by atoms with van der Waals surface area (Å²) in [4.78, 5) is 11.2. The predicted octanol–water partition coefficient (Wildman–Crippen LogP) is 1.96. The highest BCUT2D eigenvalue weighted by atomic mass is 16.5. The van der Waals surface area contributed by atoms with Gasteiger partial charge in [0.15, 0.2) is 0 Å². The highest BCUT2D eigenvalue weighted by Gasteiger charge is 2.20. The molecule has 1 aromatic rings. The van der Waals surface area contributed by atoms with Crippen LogP contribution in [0, 0.1) is 0 Å². The Morgan fingerprint density at radius 2 is 2.18 bits per heavy atom. The minimum absolute atomic E-state index is 0.113. The largest absolute Gasteiger partial charge is 0.480 e. The first kappa shape index (κ1) is 13.7. The molecule has 0 saturated heterocycles. The first-order valence-corrected chi connectivity index (χ1v) is 5.61. The van der Waals surface area contributed by atoms with E-state index in [1.54, 1.807) is 7.11 Å². The first-order chi connectivity index (χ1) is 8.04. The second-order valence-corrected chi connectivity index (χ2v) is 4.27. The van der Waals surface area contributed by atoms with Gasteiger partial charge in [-0.3, -0.25) is 10.1 Å². The first-order valence-electron chi connectivity index (χ1n) is 5.61. The number of methoxy groups -OCH3 is 1. The van der Waals surface area contributed by atoms with E-state index in [0.29, 0.717) is 6.61 Å². The lowest BCUT2D eigenvalue weighted by atomic mass is 10.0. The third-order valence-electron chi connectivity index (χ3n) is 2.34. The summed E-state index contributed by atoms with van der Waals surface area (Å²) in [6.07, 6.45) is 0. The van der Waals surface area contributed by atoms with Gasteiger partial charge in [-0.15, -0.1) is 0 Å². The van der Waals surface area contributed by atoms with Crippen LogP contribution in [-0.4, -0.2) is 24.2 Å². The quantitative estimate of drug-likeness (QED) is 0.794. The Labute approximate surface area is 102 Å². The molecule has 17 heavy (non-hydrogen) atoms. The van der Waals surface area contributed by atoms with E-state index in [1.807, 2.05) is 38.1 Å². The molecular formula is C13H19NO3. The lowest BCUT2D eigenvalue weighted by Crippen LogP contribution is -2.33. The van der Waals surface area contributed by atoms with Crippen molar-refractivity contribution in [3.8, 4) is 0 Å². The maximum absolute atomic E-state index is 11.2. The number of rotatable bonds is 6. The summed E-state index contributed by atoms with van der Waals surface area (Å²) in [6.45, 7) is 4.34. The van der Waals surface area contributed by atoms with Gasteiger partial charge in [0, 0.05) is 13.2 Å². The van der Waals surface area contributed by atoms with E-state index in [2.05, 4.69) is 5.32 Å². The number of hydrogen-bond acceptors (Lipinski definition) is 3. The van der Waals surface area contributed by atoms with Crippen LogP contribution in [-0.2, 0) is 16.1 Å². The Morgan fingerprint density at radius 1 is 1.47 bits per heavy atom. The van der Waals surface area contributed by atoms with Crippen molar-refractivity contribution in [2.24, 2.45) is 0 Å². The van der Waals surface area contributed by atoms with Crippen LogP contribution in [0.5, 0.6) is 0 Å². The topological polar surface area (TPSA) is 58.6 Å². The smallest absolute Gasteiger partial charge is 0.325 e. The summed E-state index contributed by atoms with van der Waals surface area (Å²) >= 11 is 0. The van der Waals surface area contributed by atoms with Crippen molar-refractivity contribution in [2.45, 2.75) is 32.5 Å². The highest BCUT2D eigenvalue weighted by molar-refractivity contribution is 5.75. The Balaban J connectivity index is 2.93. The van der Waals surface area contributed by atoms with Crippen LogP contribution in [0.2, 0.25) is 0 Å². The minimum Gasteiger partial charge on any atom is -0.480 e. The fourth-order valence-corrected chi connectivity index (χ4v) is 1.67. The Morgan fingerprint density at radius 3 is 2.71 bits per heavy atom. The van der Waals surface area contributed by atoms with Crippen molar-refractivity contribution in [2.75, 3.05) is 7.11 Å². The van der Waals surface area contributed by atoms with E-state index in [0.717, 1.165) is 11.1 Å². The average molecular weight is 237 g/mol. The molecule has 2 N–H and O–H groups in total. The number of hydrogen-bond donors (Lipinski definition) is 2. The van der Waals surface area contributed by atoms with Crippen LogP contribution in [0.1, 0.15) is 31.0 Å². The third kappa shape index (κ3) is 4.17. The molecule has 0 aliphatic heterocycles. The summed E-state index contributed by atoms with van der Waals surface area (Å²) in [7, 11) is 1.62. The zero-order chi connectivity index (χ0) is 12.8. The predicted molar refractivity (Wildman–Crippen MR) is 65.8 cm³/mol. The molecule has 4 nitrogen and oxygen atoms in total. The standard InChI is InChI=1S/C13H19NO3/c1-9(2)14-12(13(15)16)11-6-4-5-10(7-11)8-17-3/h4-7,9,12,14H,8H2,1-3H3,(H,15,16). The Bertz CT molecular complexity index is 377. The van der Waals surface area contributed by atoms with E-state index < -0.39 is 12.0 Å². The summed E-state index contributed by atoms with van der Waals surface area (Å²) in [5.74, 6) is -0.867. The van der Waals surface area contributed by atoms with Gasteiger partial charge in [-0.25, -0.2) is 0 Å². The molecular weight excluding hydrogens is 218 g/mol. The maximum Gasteiger partial charge on any atom is 0.325 e. The summed E-state index contributed by atoms with van der Waals surface area (Å²) in [5, 5.41) is 12.2. The normalized spacial score (nSPS) is 12.7. The summed E-state index contributed by atoms with van der Waals surface area (Å²) in [5.41, 5.74) is 1.72. The van der Waals surface area contributed by atoms with Crippen molar-refractivity contribution in [3.05, 3.63) is 35.4 Å². The monoisotopic (exact) mass is 237 g/mol. The van der Waals surface area contributed by atoms with Crippen molar-refractivity contribution in [1.29, 1.82) is 0 Å². The van der Waals surface area contributed by atoms with E-state index in [4.69, 9.17) is 4.74 Å². The molecule has 0 aromatic heterocycles. The molecule has 0 amide bonds. The summed E-state index contributed by atoms with van der Waals surface area (Å²) < 4.78 is 5.04. The van der Waals surface area contributed by atoms with Gasteiger partial charge in [-0.05, 0) is 25.0 Å². The number of carboxylic acid groups (broad SMARTS) is 1. The van der Waals surface area contributed by atoms with Crippen molar-refractivity contribution in [3.63, 3.8) is 0 Å². The van der Waals surface area contributed by atoms with Gasteiger partial charge >= 0.3 is 5.97 Å². The lowest BCUT2D eigenvalue weighted by molar-refractivity contribution is -0.139. The minimum atomic E-state index is -0.867. The zero-order valence-electron chi connectivity index (χ0n) is 10.4. The fourth-order valence-electron chi connectivity index (χ4n) is 1.67. The van der Waals surface area contributed by atoms with Gasteiger partial charge in [0.05, 0.1) is 6.61 Å². The van der Waals surface area contributed by atoms with Crippen LogP contribution < -0.4 is 5.32 Å². The molecule has 0 bridgehead atoms. The molecule has 1 aromatic carbocycles. The molecule has 0 aliphatic rings. The second kappa shape index (κ2) is 6.37. The van der Waals surface area contributed by atoms with Crippen molar-refractivity contribution in [1.82, 2.24) is 5.32 Å². The lowest BCUT2D eigenvalue weighted by Gasteiger charge is -2.18. The maximum atomic E-state index is 11.2. The second-order valence-electron chi connectivity index (χ2n) is 4.27. The number of aliphatic carboxylic acids is 1. The number of ether oxygens (including phenoxy) is 1. The van der Waals surface area contributed by atoms with Crippen LogP contribution in [0.25, 0.3) is 0 Å². The average Bonchev–Trinajstić information content (AvgIpc) is 2.26. The van der Waals surface area contributed by atoms with Crippen LogP contribution in [0.15, 0.2) is 24.3 Å². The molecule has 0 aliphatic carbocycles. The molecule has 0 radical (unpaired) electrons. The fraction of sp³-hybridized carbons (Fsp3) is 0.462. The number of carboxylic acids is 1. The Hall–Kier alpha value is -1.39. The molecule has 4 heteroatoms. The number of nitrogens with one attached hydrogen (secondary N) is 1. The molecule has 1 rings (SSSR count). The van der Waals surface area contributed by atoms with Crippen molar-refractivity contribution >= 4 is 5.97 Å². The summed E-state index contributed by atoms with van der Waals surface area (Å²) in [6, 6.07) is 6.88. The third-order valence-corrected chi connectivity index (χ3v) is 2.34. The molecule has 0 heterocycles. The number of benzene rings is 1. The molecule has 1 atom stereocenters. The van der Waals surface area contributed by atoms with E-state index in [9.17, 15) is 9.90 Å². The van der Waals surface area contributed by atoms with Crippen molar-refractivity contribution < 1.29 is 14.6 Å². The van der Waals surface area contributed by atoms with Gasteiger partial charge in [0.25, 0.3) is 0 Å². The molecule has 0 fully saturated rings. The molecule has 94 valence electrons. The Kier molecular flexibility index (Phi) is 5.12. The SMILES string of the molecule is COCc1cccc(C(NC(C)C)C(=O)O)c1. The van der Waals surface area contributed by atoms with E-state index in [1.165, 1.54) is 0 Å². The van der Waals surface area contributed by atoms with E-state index >= 15 is 0 Å². The van der Waals surface area contributed by atoms with Gasteiger partial charge in [-0.1, -0.05) is 24.3 Å². The van der Waals surface area contributed by atoms with Crippen LogP contribution >= 0.6 is 0 Å². The van der Waals surface area contributed by atoms with Gasteiger partial charge < -0.3 is 9.84 Å². The van der Waals surface area contributed by atoms with Gasteiger partial charge in [0.1, 0.15) is 6.04 Å². The number of carbonyl (C=O) groups is 1. The molecule has 0 saturated carbocycles. The zero-order valence-corrected chi connectivity index (χ0v) is 10.4. The van der Waals surface area contributed by atoms with Crippen LogP contribution in [0.4, 0.5) is 0 Å². The highest BCUT2D eigenvalue weighted by Crippen LogP contribution is 2.16.